The highest BCUT2D eigenvalue weighted by Gasteiger charge is 2.28. The summed E-state index contributed by atoms with van der Waals surface area (Å²) in [5, 5.41) is 10.0. The van der Waals surface area contributed by atoms with E-state index in [-0.39, 0.29) is 5.57 Å². The number of rotatable bonds is 3. The molecule has 0 fully saturated rings. The molecular formula is C15H12O3. The summed E-state index contributed by atoms with van der Waals surface area (Å²) in [6.07, 6.45) is 5.25. The Hall–Kier alpha value is -2.22. The van der Waals surface area contributed by atoms with Crippen molar-refractivity contribution >= 4 is 11.7 Å². The van der Waals surface area contributed by atoms with Crippen LogP contribution in [0.15, 0.2) is 60.2 Å². The topological polar surface area (TPSA) is 54.4 Å². The van der Waals surface area contributed by atoms with E-state index in [0.29, 0.717) is 5.56 Å². The van der Waals surface area contributed by atoms with Crippen molar-refractivity contribution in [2.45, 2.75) is 6.10 Å². The summed E-state index contributed by atoms with van der Waals surface area (Å²) in [5.41, 5.74) is 0.771. The first kappa shape index (κ1) is 12.2. The third kappa shape index (κ3) is 2.38. The molecule has 0 spiro atoms. The highest BCUT2D eigenvalue weighted by atomic mass is 16.3. The second-order valence-corrected chi connectivity index (χ2v) is 3.99. The molecule has 90 valence electrons. The lowest BCUT2D eigenvalue weighted by Gasteiger charge is -2.17. The predicted octanol–water partition coefficient (Wildman–Crippen LogP) is 1.79. The highest BCUT2D eigenvalue weighted by Crippen LogP contribution is 2.24. The minimum atomic E-state index is -1.23. The molecular weight excluding hydrogens is 228 g/mol. The normalized spacial score (nSPS) is 19.4. The largest absolute Gasteiger partial charge is 0.381 e. The van der Waals surface area contributed by atoms with Gasteiger partial charge in [-0.05, 0) is 11.6 Å². The molecule has 0 amide bonds. The first-order valence-corrected chi connectivity index (χ1v) is 5.60. The number of carbonyl (C=O) groups is 1. The molecule has 3 nitrogen and oxygen atoms in total. The minimum Gasteiger partial charge on any atom is -0.381 e. The Labute approximate surface area is 105 Å². The predicted molar refractivity (Wildman–Crippen MR) is 67.4 cm³/mol. The maximum absolute atomic E-state index is 12.1. The van der Waals surface area contributed by atoms with E-state index in [9.17, 15) is 14.7 Å². The average molecular weight is 240 g/mol. The molecule has 3 heteroatoms. The molecule has 18 heavy (non-hydrogen) atoms. The lowest BCUT2D eigenvalue weighted by atomic mass is 9.87. The van der Waals surface area contributed by atoms with Gasteiger partial charge in [0.1, 0.15) is 12.0 Å². The van der Waals surface area contributed by atoms with E-state index in [0.717, 1.165) is 0 Å². The van der Waals surface area contributed by atoms with E-state index in [1.165, 1.54) is 6.08 Å². The van der Waals surface area contributed by atoms with Crippen LogP contribution in [0.2, 0.25) is 0 Å². The van der Waals surface area contributed by atoms with Crippen LogP contribution in [0.5, 0.6) is 0 Å². The number of hydrogen-bond donors (Lipinski definition) is 1. The molecule has 1 N–H and O–H groups in total. The molecule has 0 saturated carbocycles. The second kappa shape index (κ2) is 5.41. The van der Waals surface area contributed by atoms with Crippen LogP contribution in [-0.4, -0.2) is 16.8 Å². The quantitative estimate of drug-likeness (QED) is 0.819. The molecule has 1 aliphatic rings. The second-order valence-electron chi connectivity index (χ2n) is 3.99. The van der Waals surface area contributed by atoms with Gasteiger partial charge in [-0.3, -0.25) is 4.79 Å². The monoisotopic (exact) mass is 240 g/mol. The van der Waals surface area contributed by atoms with E-state index >= 15 is 0 Å². The van der Waals surface area contributed by atoms with Crippen molar-refractivity contribution in [1.29, 1.82) is 0 Å². The summed E-state index contributed by atoms with van der Waals surface area (Å²) >= 11 is 0. The zero-order chi connectivity index (χ0) is 13.0. The Morgan fingerprint density at radius 2 is 1.94 bits per heavy atom. The fraction of sp³-hybridized carbons (Fsp3) is 0.133. The molecule has 2 unspecified atom stereocenters. The summed E-state index contributed by atoms with van der Waals surface area (Å²) in [5.74, 6) is 0.602. The van der Waals surface area contributed by atoms with E-state index in [1.807, 2.05) is 0 Å². The molecule has 1 aromatic rings. The summed E-state index contributed by atoms with van der Waals surface area (Å²) in [6, 6.07) is 8.66. The zero-order valence-corrected chi connectivity index (χ0v) is 9.61. The smallest absolute Gasteiger partial charge is 0.177 e. The van der Waals surface area contributed by atoms with E-state index in [4.69, 9.17) is 0 Å². The van der Waals surface area contributed by atoms with Gasteiger partial charge >= 0.3 is 0 Å². The van der Waals surface area contributed by atoms with Gasteiger partial charge in [0.2, 0.25) is 0 Å². The molecule has 1 aliphatic carbocycles. The lowest BCUT2D eigenvalue weighted by molar-refractivity contribution is -0.129. The van der Waals surface area contributed by atoms with E-state index in [1.54, 1.807) is 54.5 Å². The standard InChI is InChI=1S/C15H12O3/c16-10-12-8-4-5-9-13(12)15(18)14(17)11-6-2-1-3-7-11/h1-9,13-14,17H. The first-order chi connectivity index (χ1) is 8.74. The Bertz CT molecular complexity index is 548. The van der Waals surface area contributed by atoms with Crippen molar-refractivity contribution in [1.82, 2.24) is 0 Å². The van der Waals surface area contributed by atoms with E-state index in [2.05, 4.69) is 0 Å². The third-order valence-electron chi connectivity index (χ3n) is 2.83. The van der Waals surface area contributed by atoms with Crippen molar-refractivity contribution in [3.05, 3.63) is 65.8 Å². The lowest BCUT2D eigenvalue weighted by Crippen LogP contribution is -2.23. The first-order valence-electron chi connectivity index (χ1n) is 5.60. The average Bonchev–Trinajstić information content (AvgIpc) is 2.46. The van der Waals surface area contributed by atoms with Crippen LogP contribution < -0.4 is 0 Å². The third-order valence-corrected chi connectivity index (χ3v) is 2.83. The van der Waals surface area contributed by atoms with Gasteiger partial charge in [-0.15, -0.1) is 0 Å². The number of Topliss-reactive ketones (excluding diaryl/α,β-unsaturated/α-hetero) is 1. The van der Waals surface area contributed by atoms with Crippen LogP contribution in [0, 0.1) is 5.92 Å². The summed E-state index contributed by atoms with van der Waals surface area (Å²) in [4.78, 5) is 22.9. The van der Waals surface area contributed by atoms with Gasteiger partial charge in [0.05, 0.1) is 11.5 Å². The fourth-order valence-electron chi connectivity index (χ4n) is 1.86. The van der Waals surface area contributed by atoms with Gasteiger partial charge in [-0.25, -0.2) is 4.79 Å². The summed E-state index contributed by atoms with van der Waals surface area (Å²) in [7, 11) is 0. The Morgan fingerprint density at radius 3 is 2.61 bits per heavy atom. The van der Waals surface area contributed by atoms with Crippen molar-refractivity contribution in [3.8, 4) is 0 Å². The summed E-state index contributed by atoms with van der Waals surface area (Å²) in [6.45, 7) is 0. The van der Waals surface area contributed by atoms with Crippen LogP contribution in [0.3, 0.4) is 0 Å². The van der Waals surface area contributed by atoms with Gasteiger partial charge < -0.3 is 5.11 Å². The highest BCUT2D eigenvalue weighted by molar-refractivity contribution is 5.93. The number of ketones is 1. The van der Waals surface area contributed by atoms with Gasteiger partial charge in [0.15, 0.2) is 5.78 Å². The minimum absolute atomic E-state index is 0.248. The molecule has 2 rings (SSSR count). The molecule has 1 aromatic carbocycles. The number of aliphatic hydroxyl groups excluding tert-OH is 1. The van der Waals surface area contributed by atoms with Crippen LogP contribution >= 0.6 is 0 Å². The molecule has 0 saturated heterocycles. The fourth-order valence-corrected chi connectivity index (χ4v) is 1.86. The van der Waals surface area contributed by atoms with Gasteiger partial charge in [0.25, 0.3) is 0 Å². The molecule has 0 aromatic heterocycles. The van der Waals surface area contributed by atoms with Crippen LogP contribution in [0.4, 0.5) is 0 Å². The molecule has 0 bridgehead atoms. The molecule has 0 aliphatic heterocycles. The van der Waals surface area contributed by atoms with Crippen LogP contribution in [0.25, 0.3) is 0 Å². The van der Waals surface area contributed by atoms with Crippen LogP contribution in [-0.2, 0) is 9.59 Å². The number of benzene rings is 1. The van der Waals surface area contributed by atoms with E-state index < -0.39 is 17.8 Å². The Morgan fingerprint density at radius 1 is 1.22 bits per heavy atom. The molecule has 0 heterocycles. The molecule has 2 atom stereocenters. The van der Waals surface area contributed by atoms with Gasteiger partial charge in [-0.1, -0.05) is 48.6 Å². The van der Waals surface area contributed by atoms with Gasteiger partial charge in [-0.2, -0.15) is 0 Å². The van der Waals surface area contributed by atoms with Crippen molar-refractivity contribution in [2.24, 2.45) is 5.92 Å². The maximum Gasteiger partial charge on any atom is 0.177 e. The van der Waals surface area contributed by atoms with Crippen LogP contribution in [0.1, 0.15) is 11.7 Å². The number of aliphatic hydroxyl groups is 1. The molecule has 0 radical (unpaired) electrons. The van der Waals surface area contributed by atoms with Crippen molar-refractivity contribution < 1.29 is 14.7 Å². The summed E-state index contributed by atoms with van der Waals surface area (Å²) < 4.78 is 0. The SMILES string of the molecule is O=C=C1C=CC=CC1C(=O)C(O)c1ccccc1. The van der Waals surface area contributed by atoms with Crippen molar-refractivity contribution in [3.63, 3.8) is 0 Å². The number of carbonyl (C=O) groups excluding carboxylic acids is 2. The zero-order valence-electron chi connectivity index (χ0n) is 9.61. The maximum atomic E-state index is 12.1. The number of hydrogen-bond acceptors (Lipinski definition) is 3. The van der Waals surface area contributed by atoms with Crippen molar-refractivity contribution in [2.75, 3.05) is 0 Å². The number of allylic oxidation sites excluding steroid dienone is 5. The Balaban J connectivity index is 2.24. The Kier molecular flexibility index (Phi) is 3.68. The van der Waals surface area contributed by atoms with Gasteiger partial charge in [0, 0.05) is 0 Å².